The third-order valence-electron chi connectivity index (χ3n) is 2.64. The molecule has 6 heteroatoms. The Morgan fingerprint density at radius 3 is 2.90 bits per heavy atom. The Labute approximate surface area is 121 Å². The van der Waals surface area contributed by atoms with E-state index in [1.165, 1.54) is 17.8 Å². The molecule has 0 fully saturated rings. The molecular formula is C14H17NO4S. The number of hydrogen-bond acceptors (Lipinski definition) is 5. The Morgan fingerprint density at radius 1 is 1.50 bits per heavy atom. The fourth-order valence-corrected chi connectivity index (χ4v) is 3.00. The molecule has 0 aliphatic carbocycles. The van der Waals surface area contributed by atoms with Crippen LogP contribution in [0.3, 0.4) is 0 Å². The summed E-state index contributed by atoms with van der Waals surface area (Å²) in [6.07, 6.45) is 3.08. The van der Waals surface area contributed by atoms with Gasteiger partial charge in [-0.25, -0.2) is 9.59 Å². The molecule has 0 spiro atoms. The lowest BCUT2D eigenvalue weighted by Gasteiger charge is -2.07. The molecule has 20 heavy (non-hydrogen) atoms. The van der Waals surface area contributed by atoms with Crippen molar-refractivity contribution in [2.45, 2.75) is 31.9 Å². The van der Waals surface area contributed by atoms with Crippen molar-refractivity contribution in [2.75, 3.05) is 12.4 Å². The third-order valence-corrected chi connectivity index (χ3v) is 3.77. The maximum Gasteiger partial charge on any atom is 0.341 e. The maximum atomic E-state index is 11.9. The smallest absolute Gasteiger partial charge is 0.341 e. The molecule has 0 saturated heterocycles. The van der Waals surface area contributed by atoms with Gasteiger partial charge in [0.05, 0.1) is 23.3 Å². The fraction of sp³-hybridized carbons (Fsp3) is 0.429. The maximum absolute atomic E-state index is 11.9. The van der Waals surface area contributed by atoms with Gasteiger partial charge in [-0.1, -0.05) is 0 Å². The van der Waals surface area contributed by atoms with Gasteiger partial charge in [-0.2, -0.15) is 0 Å². The van der Waals surface area contributed by atoms with Gasteiger partial charge in [-0.15, -0.1) is 11.8 Å². The summed E-state index contributed by atoms with van der Waals surface area (Å²) in [5.74, 6) is -0.0636. The van der Waals surface area contributed by atoms with Gasteiger partial charge in [0.1, 0.15) is 0 Å². The molecule has 1 aliphatic rings. The number of carbonyl (C=O) groups excluding carboxylic acids is 2. The summed E-state index contributed by atoms with van der Waals surface area (Å²) >= 11 is 1.51. The Kier molecular flexibility index (Phi) is 4.54. The predicted octanol–water partition coefficient (Wildman–Crippen LogP) is 2.56. The lowest BCUT2D eigenvalue weighted by atomic mass is 10.3. The second-order valence-corrected chi connectivity index (χ2v) is 5.50. The lowest BCUT2D eigenvalue weighted by Crippen LogP contribution is -2.11. The topological polar surface area (TPSA) is 57.5 Å². The van der Waals surface area contributed by atoms with E-state index < -0.39 is 0 Å². The molecule has 0 saturated carbocycles. The number of carbonyl (C=O) groups is 2. The van der Waals surface area contributed by atoms with Crippen LogP contribution in [0.25, 0.3) is 5.70 Å². The third kappa shape index (κ3) is 3.07. The van der Waals surface area contributed by atoms with Crippen molar-refractivity contribution < 1.29 is 19.1 Å². The number of ether oxygens (including phenoxy) is 2. The molecule has 2 heterocycles. The standard InChI is InChI=1S/C14H17NO4S/c1-4-18-12(16)7-10-8-20-13-11(5-6-15(10)13)14(17)19-9(2)3/h5-7,9H,4,8H2,1-3H3. The van der Waals surface area contributed by atoms with E-state index in [1.54, 1.807) is 19.2 Å². The van der Waals surface area contributed by atoms with Gasteiger partial charge < -0.3 is 14.0 Å². The van der Waals surface area contributed by atoms with E-state index in [0.29, 0.717) is 17.9 Å². The Bertz CT molecular complexity index is 560. The summed E-state index contributed by atoms with van der Waals surface area (Å²) in [6.45, 7) is 5.74. The van der Waals surface area contributed by atoms with Crippen molar-refractivity contribution in [1.29, 1.82) is 0 Å². The van der Waals surface area contributed by atoms with Crippen LogP contribution in [0.4, 0.5) is 0 Å². The average molecular weight is 295 g/mol. The van der Waals surface area contributed by atoms with E-state index in [9.17, 15) is 9.59 Å². The van der Waals surface area contributed by atoms with E-state index in [-0.39, 0.29) is 18.0 Å². The van der Waals surface area contributed by atoms with Crippen molar-refractivity contribution in [1.82, 2.24) is 4.57 Å². The molecule has 0 amide bonds. The summed E-state index contributed by atoms with van der Waals surface area (Å²) in [5.41, 5.74) is 1.35. The number of hydrogen-bond donors (Lipinski definition) is 0. The lowest BCUT2D eigenvalue weighted by molar-refractivity contribution is -0.137. The molecule has 0 unspecified atom stereocenters. The van der Waals surface area contributed by atoms with Gasteiger partial charge in [0.25, 0.3) is 0 Å². The minimum atomic E-state index is -0.365. The molecule has 0 N–H and O–H groups in total. The van der Waals surface area contributed by atoms with E-state index in [1.807, 2.05) is 18.4 Å². The molecule has 1 aliphatic heterocycles. The van der Waals surface area contributed by atoms with Crippen molar-refractivity contribution in [3.8, 4) is 0 Å². The molecular weight excluding hydrogens is 278 g/mol. The number of nitrogens with zero attached hydrogens (tertiary/aromatic N) is 1. The van der Waals surface area contributed by atoms with Crippen LogP contribution in [0.5, 0.6) is 0 Å². The van der Waals surface area contributed by atoms with Gasteiger partial charge >= 0.3 is 11.9 Å². The van der Waals surface area contributed by atoms with Crippen molar-refractivity contribution >= 4 is 29.4 Å². The zero-order valence-corrected chi connectivity index (χ0v) is 12.5. The number of thioether (sulfide) groups is 1. The Hall–Kier alpha value is -1.69. The van der Waals surface area contributed by atoms with Crippen LogP contribution in [0.1, 0.15) is 31.1 Å². The van der Waals surface area contributed by atoms with Crippen molar-refractivity contribution in [3.63, 3.8) is 0 Å². The second-order valence-electron chi connectivity index (χ2n) is 4.54. The summed E-state index contributed by atoms with van der Waals surface area (Å²) in [4.78, 5) is 23.4. The first-order valence-electron chi connectivity index (χ1n) is 6.45. The highest BCUT2D eigenvalue weighted by molar-refractivity contribution is 8.00. The number of rotatable bonds is 4. The van der Waals surface area contributed by atoms with E-state index >= 15 is 0 Å². The second kappa shape index (κ2) is 6.17. The van der Waals surface area contributed by atoms with Gasteiger partial charge in [-0.3, -0.25) is 0 Å². The van der Waals surface area contributed by atoms with Gasteiger partial charge in [-0.05, 0) is 26.8 Å². The van der Waals surface area contributed by atoms with Crippen molar-refractivity contribution in [2.24, 2.45) is 0 Å². The number of esters is 2. The SMILES string of the molecule is CCOC(=O)C=C1CSc2c(C(=O)OC(C)C)ccn21. The summed E-state index contributed by atoms with van der Waals surface area (Å²) < 4.78 is 11.9. The zero-order chi connectivity index (χ0) is 14.7. The first-order chi connectivity index (χ1) is 9.52. The quantitative estimate of drug-likeness (QED) is 0.631. The van der Waals surface area contributed by atoms with Gasteiger partial charge in [0.2, 0.25) is 0 Å². The highest BCUT2D eigenvalue weighted by Crippen LogP contribution is 2.36. The predicted molar refractivity (Wildman–Crippen MR) is 76.6 cm³/mol. The fourth-order valence-electron chi connectivity index (χ4n) is 1.87. The highest BCUT2D eigenvalue weighted by atomic mass is 32.2. The normalized spacial score (nSPS) is 15.5. The van der Waals surface area contributed by atoms with Crippen LogP contribution in [0, 0.1) is 0 Å². The molecule has 108 valence electrons. The summed E-state index contributed by atoms with van der Waals surface area (Å²) in [5, 5.41) is 0.811. The molecule has 0 radical (unpaired) electrons. The first-order valence-corrected chi connectivity index (χ1v) is 7.44. The summed E-state index contributed by atoms with van der Waals surface area (Å²) in [7, 11) is 0. The van der Waals surface area contributed by atoms with Crippen LogP contribution < -0.4 is 0 Å². The van der Waals surface area contributed by atoms with E-state index in [2.05, 4.69) is 0 Å². The molecule has 1 aromatic rings. The van der Waals surface area contributed by atoms with Crippen LogP contribution in [0.15, 0.2) is 23.4 Å². The largest absolute Gasteiger partial charge is 0.463 e. The van der Waals surface area contributed by atoms with Crippen molar-refractivity contribution in [3.05, 3.63) is 23.9 Å². The molecule has 2 rings (SSSR count). The molecule has 1 aromatic heterocycles. The Morgan fingerprint density at radius 2 is 2.25 bits per heavy atom. The zero-order valence-electron chi connectivity index (χ0n) is 11.7. The van der Waals surface area contributed by atoms with Crippen LogP contribution in [0.2, 0.25) is 0 Å². The monoisotopic (exact) mass is 295 g/mol. The number of fused-ring (bicyclic) bond motifs is 1. The highest BCUT2D eigenvalue weighted by Gasteiger charge is 2.25. The molecule has 0 atom stereocenters. The minimum absolute atomic E-state index is 0.154. The molecule has 5 nitrogen and oxygen atoms in total. The minimum Gasteiger partial charge on any atom is -0.463 e. The first kappa shape index (κ1) is 14.7. The van der Waals surface area contributed by atoms with Gasteiger partial charge in [0.15, 0.2) is 0 Å². The van der Waals surface area contributed by atoms with Crippen LogP contribution in [-0.4, -0.2) is 35.0 Å². The van der Waals surface area contributed by atoms with Gasteiger partial charge in [0, 0.05) is 23.7 Å². The Balaban J connectivity index is 2.21. The van der Waals surface area contributed by atoms with Crippen LogP contribution in [-0.2, 0) is 14.3 Å². The van der Waals surface area contributed by atoms with Crippen LogP contribution >= 0.6 is 11.8 Å². The molecule has 0 bridgehead atoms. The number of aromatic nitrogens is 1. The average Bonchev–Trinajstić information content (AvgIpc) is 2.91. The molecule has 0 aromatic carbocycles. The van der Waals surface area contributed by atoms with E-state index in [4.69, 9.17) is 9.47 Å². The summed E-state index contributed by atoms with van der Waals surface area (Å²) in [6, 6.07) is 1.71. The van der Waals surface area contributed by atoms with E-state index in [0.717, 1.165) is 10.7 Å².